The van der Waals surface area contributed by atoms with Gasteiger partial charge in [0.2, 0.25) is 0 Å². The zero-order chi connectivity index (χ0) is 9.86. The van der Waals surface area contributed by atoms with Crippen molar-refractivity contribution in [1.29, 1.82) is 0 Å². The number of ether oxygens (including phenoxy) is 1. The van der Waals surface area contributed by atoms with Crippen LogP contribution in [-0.2, 0) is 4.74 Å². The van der Waals surface area contributed by atoms with Crippen LogP contribution < -0.4 is 5.32 Å². The third kappa shape index (κ3) is 2.29. The average molecular weight is 197 g/mol. The molecular weight excluding hydrogens is 174 g/mol. The molecule has 2 rings (SSSR count). The van der Waals surface area contributed by atoms with Crippen molar-refractivity contribution in [1.82, 2.24) is 5.32 Å². The van der Waals surface area contributed by atoms with E-state index in [0.717, 1.165) is 19.3 Å². The van der Waals surface area contributed by atoms with Gasteiger partial charge in [-0.3, -0.25) is 0 Å². The molecule has 14 heavy (non-hydrogen) atoms. The summed E-state index contributed by atoms with van der Waals surface area (Å²) in [6.07, 6.45) is 9.34. The van der Waals surface area contributed by atoms with Crippen LogP contribution in [0.25, 0.3) is 0 Å². The normalized spacial score (nSPS) is 28.1. The molecule has 2 heteroatoms. The molecule has 1 aliphatic carbocycles. The van der Waals surface area contributed by atoms with Crippen molar-refractivity contribution in [3.8, 4) is 0 Å². The fraction of sp³-hybridized carbons (Fsp3) is 1.00. The van der Waals surface area contributed by atoms with E-state index in [1.807, 2.05) is 0 Å². The van der Waals surface area contributed by atoms with Crippen molar-refractivity contribution in [3.63, 3.8) is 0 Å². The molecule has 1 heterocycles. The van der Waals surface area contributed by atoms with E-state index in [0.29, 0.717) is 5.54 Å². The fourth-order valence-electron chi connectivity index (χ4n) is 2.93. The predicted molar refractivity (Wildman–Crippen MR) is 58.5 cm³/mol. The lowest BCUT2D eigenvalue weighted by atomic mass is 9.91. The van der Waals surface area contributed by atoms with Crippen molar-refractivity contribution in [2.24, 2.45) is 0 Å². The van der Waals surface area contributed by atoms with E-state index in [1.54, 1.807) is 0 Å². The Morgan fingerprint density at radius 1 is 1.21 bits per heavy atom. The SMILES string of the molecule is CCC1(NC2CCOCC2)CCCC1. The van der Waals surface area contributed by atoms with Crippen LogP contribution in [0.5, 0.6) is 0 Å². The van der Waals surface area contributed by atoms with Gasteiger partial charge < -0.3 is 10.1 Å². The third-order valence-corrected chi connectivity index (χ3v) is 3.97. The largest absolute Gasteiger partial charge is 0.381 e. The van der Waals surface area contributed by atoms with Gasteiger partial charge in [-0.2, -0.15) is 0 Å². The van der Waals surface area contributed by atoms with E-state index < -0.39 is 0 Å². The van der Waals surface area contributed by atoms with E-state index in [9.17, 15) is 0 Å². The first-order valence-corrected chi connectivity index (χ1v) is 6.20. The second-order valence-electron chi connectivity index (χ2n) is 4.87. The zero-order valence-electron chi connectivity index (χ0n) is 9.35. The summed E-state index contributed by atoms with van der Waals surface area (Å²) in [5.74, 6) is 0. The van der Waals surface area contributed by atoms with Gasteiger partial charge in [-0.25, -0.2) is 0 Å². The Labute approximate surface area is 87.4 Å². The maximum Gasteiger partial charge on any atom is 0.0480 e. The van der Waals surface area contributed by atoms with Crippen LogP contribution in [-0.4, -0.2) is 24.8 Å². The Balaban J connectivity index is 1.86. The quantitative estimate of drug-likeness (QED) is 0.750. The molecule has 0 aromatic carbocycles. The number of hydrogen-bond donors (Lipinski definition) is 1. The molecule has 0 amide bonds. The Hall–Kier alpha value is -0.0800. The maximum atomic E-state index is 5.39. The summed E-state index contributed by atoms with van der Waals surface area (Å²) in [5, 5.41) is 3.90. The van der Waals surface area contributed by atoms with Gasteiger partial charge in [-0.1, -0.05) is 19.8 Å². The summed E-state index contributed by atoms with van der Waals surface area (Å²) in [6, 6.07) is 0.724. The molecule has 2 nitrogen and oxygen atoms in total. The van der Waals surface area contributed by atoms with E-state index in [4.69, 9.17) is 4.74 Å². The van der Waals surface area contributed by atoms with Crippen LogP contribution in [0.1, 0.15) is 51.9 Å². The molecule has 0 aromatic rings. The average Bonchev–Trinajstić information content (AvgIpc) is 2.69. The number of nitrogens with one attached hydrogen (secondary N) is 1. The minimum absolute atomic E-state index is 0.488. The second-order valence-corrected chi connectivity index (χ2v) is 4.87. The topological polar surface area (TPSA) is 21.3 Å². The molecule has 0 unspecified atom stereocenters. The third-order valence-electron chi connectivity index (χ3n) is 3.97. The lowest BCUT2D eigenvalue weighted by molar-refractivity contribution is 0.0672. The van der Waals surface area contributed by atoms with Gasteiger partial charge in [-0.05, 0) is 32.1 Å². The number of rotatable bonds is 3. The monoisotopic (exact) mass is 197 g/mol. The van der Waals surface area contributed by atoms with Gasteiger partial charge in [-0.15, -0.1) is 0 Å². The summed E-state index contributed by atoms with van der Waals surface area (Å²) in [6.45, 7) is 4.24. The molecule has 2 aliphatic rings. The molecule has 1 N–H and O–H groups in total. The van der Waals surface area contributed by atoms with Crippen molar-refractivity contribution >= 4 is 0 Å². The van der Waals surface area contributed by atoms with Crippen LogP contribution in [0.15, 0.2) is 0 Å². The van der Waals surface area contributed by atoms with Crippen molar-refractivity contribution < 1.29 is 4.74 Å². The van der Waals surface area contributed by atoms with Crippen molar-refractivity contribution in [3.05, 3.63) is 0 Å². The van der Waals surface area contributed by atoms with Crippen LogP contribution >= 0.6 is 0 Å². The van der Waals surface area contributed by atoms with Crippen molar-refractivity contribution in [2.45, 2.75) is 63.5 Å². The maximum absolute atomic E-state index is 5.39. The number of hydrogen-bond acceptors (Lipinski definition) is 2. The van der Waals surface area contributed by atoms with Gasteiger partial charge in [0.05, 0.1) is 0 Å². The van der Waals surface area contributed by atoms with E-state index in [-0.39, 0.29) is 0 Å². The molecule has 1 aliphatic heterocycles. The lowest BCUT2D eigenvalue weighted by Gasteiger charge is -2.36. The minimum Gasteiger partial charge on any atom is -0.381 e. The molecule has 0 aromatic heterocycles. The summed E-state index contributed by atoms with van der Waals surface area (Å²) in [4.78, 5) is 0. The Morgan fingerprint density at radius 2 is 1.86 bits per heavy atom. The molecule has 2 fully saturated rings. The molecule has 0 radical (unpaired) electrons. The van der Waals surface area contributed by atoms with Gasteiger partial charge in [0, 0.05) is 24.8 Å². The summed E-state index contributed by atoms with van der Waals surface area (Å²) >= 11 is 0. The molecule has 0 bridgehead atoms. The van der Waals surface area contributed by atoms with Crippen LogP contribution in [0.3, 0.4) is 0 Å². The summed E-state index contributed by atoms with van der Waals surface area (Å²) < 4.78 is 5.39. The first-order chi connectivity index (χ1) is 6.85. The first kappa shape index (κ1) is 10.4. The summed E-state index contributed by atoms with van der Waals surface area (Å²) in [5.41, 5.74) is 0.488. The van der Waals surface area contributed by atoms with E-state index in [1.165, 1.54) is 44.9 Å². The smallest absolute Gasteiger partial charge is 0.0480 e. The highest BCUT2D eigenvalue weighted by Crippen LogP contribution is 2.33. The Kier molecular flexibility index (Phi) is 3.45. The molecular formula is C12H23NO. The molecule has 0 spiro atoms. The van der Waals surface area contributed by atoms with E-state index >= 15 is 0 Å². The highest BCUT2D eigenvalue weighted by Gasteiger charge is 2.33. The second kappa shape index (κ2) is 4.63. The molecule has 82 valence electrons. The van der Waals surface area contributed by atoms with Crippen molar-refractivity contribution in [2.75, 3.05) is 13.2 Å². The predicted octanol–water partition coefficient (Wildman–Crippen LogP) is 2.48. The summed E-state index contributed by atoms with van der Waals surface area (Å²) in [7, 11) is 0. The molecule has 1 saturated heterocycles. The molecule has 1 saturated carbocycles. The Bertz CT molecular complexity index is 169. The highest BCUT2D eigenvalue weighted by atomic mass is 16.5. The molecule has 0 atom stereocenters. The van der Waals surface area contributed by atoms with Gasteiger partial charge >= 0.3 is 0 Å². The standard InChI is InChI=1S/C12H23NO/c1-2-12(7-3-4-8-12)13-11-5-9-14-10-6-11/h11,13H,2-10H2,1H3. The minimum atomic E-state index is 0.488. The van der Waals surface area contributed by atoms with Gasteiger partial charge in [0.1, 0.15) is 0 Å². The zero-order valence-corrected chi connectivity index (χ0v) is 9.35. The van der Waals surface area contributed by atoms with Crippen LogP contribution in [0, 0.1) is 0 Å². The Morgan fingerprint density at radius 3 is 2.43 bits per heavy atom. The van der Waals surface area contributed by atoms with E-state index in [2.05, 4.69) is 12.2 Å². The first-order valence-electron chi connectivity index (χ1n) is 6.20. The van der Waals surface area contributed by atoms with Crippen LogP contribution in [0.4, 0.5) is 0 Å². The highest BCUT2D eigenvalue weighted by molar-refractivity contribution is 4.94. The fourth-order valence-corrected chi connectivity index (χ4v) is 2.93. The van der Waals surface area contributed by atoms with Gasteiger partial charge in [0.25, 0.3) is 0 Å². The van der Waals surface area contributed by atoms with Gasteiger partial charge in [0.15, 0.2) is 0 Å². The lowest BCUT2D eigenvalue weighted by Crippen LogP contribution is -2.49. The van der Waals surface area contributed by atoms with Crippen LogP contribution in [0.2, 0.25) is 0 Å².